The molecule has 1 amide bonds. The number of nitrogens with one attached hydrogen (secondary N) is 1. The van der Waals surface area contributed by atoms with Crippen molar-refractivity contribution in [2.45, 2.75) is 20.3 Å². The van der Waals surface area contributed by atoms with Crippen LogP contribution in [0.4, 0.5) is 5.82 Å². The van der Waals surface area contributed by atoms with Crippen molar-refractivity contribution in [2.75, 3.05) is 11.9 Å². The monoisotopic (exact) mass is 369 g/mol. The summed E-state index contributed by atoms with van der Waals surface area (Å²) < 4.78 is 7.09. The zero-order valence-corrected chi connectivity index (χ0v) is 15.5. The second-order valence-corrected chi connectivity index (χ2v) is 6.30. The van der Waals surface area contributed by atoms with Crippen molar-refractivity contribution in [3.63, 3.8) is 0 Å². The second-order valence-electron chi connectivity index (χ2n) is 5.86. The Labute approximate surface area is 157 Å². The van der Waals surface area contributed by atoms with Crippen molar-refractivity contribution < 1.29 is 9.53 Å². The van der Waals surface area contributed by atoms with Crippen molar-refractivity contribution in [3.8, 4) is 11.4 Å². The predicted molar refractivity (Wildman–Crippen MR) is 103 cm³/mol. The van der Waals surface area contributed by atoms with Gasteiger partial charge in [0.2, 0.25) is 5.91 Å². The third kappa shape index (κ3) is 4.43. The summed E-state index contributed by atoms with van der Waals surface area (Å²) >= 11 is 6.06. The first kappa shape index (κ1) is 18.0. The highest BCUT2D eigenvalue weighted by Gasteiger charge is 2.12. The SMILES string of the molecule is CCOc1ccc(CC(=O)Nc2cc(C)nn2-c2cccc(Cl)c2)cc1. The zero-order chi connectivity index (χ0) is 18.5. The van der Waals surface area contributed by atoms with Gasteiger partial charge in [0.15, 0.2) is 0 Å². The maximum atomic E-state index is 12.4. The maximum absolute atomic E-state index is 12.4. The summed E-state index contributed by atoms with van der Waals surface area (Å²) in [7, 11) is 0. The summed E-state index contributed by atoms with van der Waals surface area (Å²) in [6, 6.07) is 16.7. The number of aryl methyl sites for hydroxylation is 1. The van der Waals surface area contributed by atoms with Gasteiger partial charge in [-0.05, 0) is 49.7 Å². The van der Waals surface area contributed by atoms with Crippen LogP contribution in [0, 0.1) is 6.92 Å². The molecular formula is C20H20ClN3O2. The smallest absolute Gasteiger partial charge is 0.229 e. The highest BCUT2D eigenvalue weighted by atomic mass is 35.5. The lowest BCUT2D eigenvalue weighted by molar-refractivity contribution is -0.115. The maximum Gasteiger partial charge on any atom is 0.229 e. The van der Waals surface area contributed by atoms with Gasteiger partial charge in [0.25, 0.3) is 0 Å². The van der Waals surface area contributed by atoms with Gasteiger partial charge < -0.3 is 10.1 Å². The van der Waals surface area contributed by atoms with E-state index in [9.17, 15) is 4.79 Å². The molecule has 26 heavy (non-hydrogen) atoms. The lowest BCUT2D eigenvalue weighted by Crippen LogP contribution is -2.17. The Bertz CT molecular complexity index is 904. The Morgan fingerprint density at radius 2 is 1.96 bits per heavy atom. The number of carbonyl (C=O) groups excluding carboxylic acids is 1. The van der Waals surface area contributed by atoms with Crippen LogP contribution in [-0.4, -0.2) is 22.3 Å². The van der Waals surface area contributed by atoms with Gasteiger partial charge in [-0.2, -0.15) is 5.10 Å². The van der Waals surface area contributed by atoms with Gasteiger partial charge in [0.05, 0.1) is 24.4 Å². The summed E-state index contributed by atoms with van der Waals surface area (Å²) in [4.78, 5) is 12.4. The summed E-state index contributed by atoms with van der Waals surface area (Å²) in [6.45, 7) is 4.43. The second kappa shape index (κ2) is 8.06. The molecule has 0 fully saturated rings. The number of anilines is 1. The van der Waals surface area contributed by atoms with Crippen LogP contribution in [0.3, 0.4) is 0 Å². The summed E-state index contributed by atoms with van der Waals surface area (Å²) in [5.41, 5.74) is 2.51. The topological polar surface area (TPSA) is 56.1 Å². The molecular weight excluding hydrogens is 350 g/mol. The van der Waals surface area contributed by atoms with E-state index in [1.165, 1.54) is 0 Å². The third-order valence-corrected chi connectivity index (χ3v) is 3.99. The molecule has 0 saturated heterocycles. The molecule has 0 unspecified atom stereocenters. The summed E-state index contributed by atoms with van der Waals surface area (Å²) in [5.74, 6) is 1.30. The van der Waals surface area contributed by atoms with Crippen LogP contribution in [0.5, 0.6) is 5.75 Å². The number of benzene rings is 2. The first-order chi connectivity index (χ1) is 12.5. The molecule has 0 aliphatic rings. The van der Waals surface area contributed by atoms with E-state index in [1.807, 2.05) is 56.3 Å². The normalized spacial score (nSPS) is 10.6. The quantitative estimate of drug-likeness (QED) is 0.700. The Balaban J connectivity index is 1.73. The van der Waals surface area contributed by atoms with E-state index in [1.54, 1.807) is 16.8 Å². The molecule has 2 aromatic carbocycles. The van der Waals surface area contributed by atoms with Gasteiger partial charge in [-0.1, -0.05) is 29.8 Å². The average molecular weight is 370 g/mol. The Hall–Kier alpha value is -2.79. The highest BCUT2D eigenvalue weighted by Crippen LogP contribution is 2.20. The number of carbonyl (C=O) groups is 1. The molecule has 1 aromatic heterocycles. The van der Waals surface area contributed by atoms with E-state index in [2.05, 4.69) is 10.4 Å². The molecule has 1 heterocycles. The van der Waals surface area contributed by atoms with Crippen LogP contribution in [0.15, 0.2) is 54.6 Å². The molecule has 0 aliphatic heterocycles. The van der Waals surface area contributed by atoms with Crippen LogP contribution in [0.1, 0.15) is 18.2 Å². The highest BCUT2D eigenvalue weighted by molar-refractivity contribution is 6.30. The van der Waals surface area contributed by atoms with Crippen LogP contribution in [0.25, 0.3) is 5.69 Å². The van der Waals surface area contributed by atoms with Crippen molar-refractivity contribution in [2.24, 2.45) is 0 Å². The summed E-state index contributed by atoms with van der Waals surface area (Å²) in [5, 5.41) is 7.98. The lowest BCUT2D eigenvalue weighted by atomic mass is 10.1. The standard InChI is InChI=1S/C20H20ClN3O2/c1-3-26-18-9-7-15(8-10-18)12-20(25)22-19-11-14(2)23-24(19)17-6-4-5-16(21)13-17/h4-11,13H,3,12H2,1-2H3,(H,22,25). The average Bonchev–Trinajstić information content (AvgIpc) is 2.97. The fourth-order valence-corrected chi connectivity index (χ4v) is 2.82. The van der Waals surface area contributed by atoms with Crippen LogP contribution < -0.4 is 10.1 Å². The molecule has 1 N–H and O–H groups in total. The molecule has 3 aromatic rings. The van der Waals surface area contributed by atoms with Crippen molar-refractivity contribution in [1.29, 1.82) is 0 Å². The Kier molecular flexibility index (Phi) is 5.58. The number of nitrogens with zero attached hydrogens (tertiary/aromatic N) is 2. The fourth-order valence-electron chi connectivity index (χ4n) is 2.64. The van der Waals surface area contributed by atoms with Crippen molar-refractivity contribution >= 4 is 23.3 Å². The van der Waals surface area contributed by atoms with Gasteiger partial charge in [-0.15, -0.1) is 0 Å². The van der Waals surface area contributed by atoms with E-state index < -0.39 is 0 Å². The summed E-state index contributed by atoms with van der Waals surface area (Å²) in [6.07, 6.45) is 0.270. The number of hydrogen-bond donors (Lipinski definition) is 1. The molecule has 0 radical (unpaired) electrons. The molecule has 3 rings (SSSR count). The van der Waals surface area contributed by atoms with Crippen molar-refractivity contribution in [1.82, 2.24) is 9.78 Å². The molecule has 0 atom stereocenters. The number of aromatic nitrogens is 2. The largest absolute Gasteiger partial charge is 0.494 e. The molecule has 0 aliphatic carbocycles. The van der Waals surface area contributed by atoms with E-state index in [-0.39, 0.29) is 12.3 Å². The number of ether oxygens (including phenoxy) is 1. The number of halogens is 1. The minimum atomic E-state index is -0.114. The zero-order valence-electron chi connectivity index (χ0n) is 14.7. The van der Waals surface area contributed by atoms with E-state index in [0.717, 1.165) is 22.7 Å². The van der Waals surface area contributed by atoms with E-state index in [0.29, 0.717) is 17.4 Å². The van der Waals surface area contributed by atoms with Gasteiger partial charge >= 0.3 is 0 Å². The molecule has 6 heteroatoms. The van der Waals surface area contributed by atoms with E-state index in [4.69, 9.17) is 16.3 Å². The Morgan fingerprint density at radius 1 is 1.19 bits per heavy atom. The van der Waals surface area contributed by atoms with E-state index >= 15 is 0 Å². The van der Waals surface area contributed by atoms with Crippen molar-refractivity contribution in [3.05, 3.63) is 70.9 Å². The first-order valence-electron chi connectivity index (χ1n) is 8.39. The van der Waals surface area contributed by atoms with Gasteiger partial charge in [0, 0.05) is 11.1 Å². The molecule has 0 spiro atoms. The molecule has 134 valence electrons. The molecule has 0 bridgehead atoms. The van der Waals surface area contributed by atoms with Crippen LogP contribution >= 0.6 is 11.6 Å². The predicted octanol–water partition coefficient (Wildman–Crippen LogP) is 4.41. The number of hydrogen-bond acceptors (Lipinski definition) is 3. The molecule has 5 nitrogen and oxygen atoms in total. The third-order valence-electron chi connectivity index (χ3n) is 3.75. The molecule has 0 saturated carbocycles. The number of amides is 1. The minimum Gasteiger partial charge on any atom is -0.494 e. The first-order valence-corrected chi connectivity index (χ1v) is 8.77. The lowest BCUT2D eigenvalue weighted by Gasteiger charge is -2.10. The number of rotatable bonds is 6. The van der Waals surface area contributed by atoms with Gasteiger partial charge in [-0.3, -0.25) is 4.79 Å². The Morgan fingerprint density at radius 3 is 2.65 bits per heavy atom. The van der Waals surface area contributed by atoms with Crippen LogP contribution in [0.2, 0.25) is 5.02 Å². The minimum absolute atomic E-state index is 0.114. The fraction of sp³-hybridized carbons (Fsp3) is 0.200. The van der Waals surface area contributed by atoms with Gasteiger partial charge in [0.1, 0.15) is 11.6 Å². The van der Waals surface area contributed by atoms with Crippen LogP contribution in [-0.2, 0) is 11.2 Å². The van der Waals surface area contributed by atoms with Gasteiger partial charge in [-0.25, -0.2) is 4.68 Å².